The number of aromatic hydroxyl groups is 1. The number of phenolic OH excluding ortho intramolecular Hbond substituents is 1. The number of hydrogen-bond acceptors (Lipinski definition) is 4. The van der Waals surface area contributed by atoms with Crippen molar-refractivity contribution >= 4 is 5.91 Å². The Kier molecular flexibility index (Phi) is 4.42. The van der Waals surface area contributed by atoms with Gasteiger partial charge in [-0.15, -0.1) is 0 Å². The monoisotopic (exact) mass is 352 g/mol. The Morgan fingerprint density at radius 1 is 1.15 bits per heavy atom. The molecule has 4 rings (SSSR count). The van der Waals surface area contributed by atoms with Crippen molar-refractivity contribution in [2.24, 2.45) is 0 Å². The van der Waals surface area contributed by atoms with E-state index < -0.39 is 0 Å². The van der Waals surface area contributed by atoms with Gasteiger partial charge in [0.25, 0.3) is 5.91 Å². The maximum absolute atomic E-state index is 12.8. The molecule has 0 unspecified atom stereocenters. The van der Waals surface area contributed by atoms with Crippen molar-refractivity contribution < 1.29 is 14.6 Å². The van der Waals surface area contributed by atoms with E-state index in [4.69, 9.17) is 4.74 Å². The molecule has 136 valence electrons. The number of benzene rings is 2. The summed E-state index contributed by atoms with van der Waals surface area (Å²) in [5, 5.41) is 16.1. The smallest absolute Gasteiger partial charge is 0.251 e. The predicted octanol–water partition coefficient (Wildman–Crippen LogP) is 2.51. The molecule has 0 saturated carbocycles. The fourth-order valence-corrected chi connectivity index (χ4v) is 4.64. The van der Waals surface area contributed by atoms with E-state index in [9.17, 15) is 9.90 Å². The molecule has 0 bridgehead atoms. The molecule has 3 N–H and O–H groups in total. The molecule has 1 amide bonds. The summed E-state index contributed by atoms with van der Waals surface area (Å²) < 4.78 is 5.97. The van der Waals surface area contributed by atoms with Crippen molar-refractivity contribution in [1.29, 1.82) is 0 Å². The molecule has 2 aromatic rings. The first-order valence-electron chi connectivity index (χ1n) is 9.08. The van der Waals surface area contributed by atoms with Crippen LogP contribution in [0.2, 0.25) is 0 Å². The summed E-state index contributed by atoms with van der Waals surface area (Å²) >= 11 is 0. The van der Waals surface area contributed by atoms with Gasteiger partial charge in [0.1, 0.15) is 5.75 Å². The molecule has 2 atom stereocenters. The number of fused-ring (bicyclic) bond motifs is 2. The van der Waals surface area contributed by atoms with Crippen LogP contribution in [-0.4, -0.2) is 37.3 Å². The van der Waals surface area contributed by atoms with Gasteiger partial charge in [0.05, 0.1) is 12.1 Å². The van der Waals surface area contributed by atoms with Gasteiger partial charge in [0.15, 0.2) is 0 Å². The van der Waals surface area contributed by atoms with Crippen LogP contribution in [0.3, 0.4) is 0 Å². The van der Waals surface area contributed by atoms with Gasteiger partial charge in [-0.05, 0) is 61.3 Å². The second kappa shape index (κ2) is 6.74. The maximum atomic E-state index is 12.8. The van der Waals surface area contributed by atoms with E-state index in [-0.39, 0.29) is 29.2 Å². The molecular formula is C21H24N2O3. The first kappa shape index (κ1) is 17.1. The van der Waals surface area contributed by atoms with Gasteiger partial charge in [-0.25, -0.2) is 0 Å². The lowest BCUT2D eigenvalue weighted by Gasteiger charge is -2.40. The van der Waals surface area contributed by atoms with Crippen molar-refractivity contribution in [3.63, 3.8) is 0 Å². The summed E-state index contributed by atoms with van der Waals surface area (Å²) in [6.07, 6.45) is 1.89. The molecule has 1 heterocycles. The van der Waals surface area contributed by atoms with Gasteiger partial charge in [-0.2, -0.15) is 0 Å². The van der Waals surface area contributed by atoms with Gasteiger partial charge in [-0.3, -0.25) is 4.79 Å². The van der Waals surface area contributed by atoms with Crippen molar-refractivity contribution in [1.82, 2.24) is 10.6 Å². The quantitative estimate of drug-likeness (QED) is 0.794. The summed E-state index contributed by atoms with van der Waals surface area (Å²) in [5.41, 5.74) is 2.91. The highest BCUT2D eigenvalue weighted by Gasteiger charge is 2.53. The Hall–Kier alpha value is -2.37. The Morgan fingerprint density at radius 3 is 2.54 bits per heavy atom. The Balaban J connectivity index is 1.69. The fraction of sp³-hybridized carbons (Fsp3) is 0.381. The van der Waals surface area contributed by atoms with E-state index in [0.29, 0.717) is 5.56 Å². The zero-order chi connectivity index (χ0) is 18.1. The topological polar surface area (TPSA) is 70.6 Å². The maximum Gasteiger partial charge on any atom is 0.251 e. The highest BCUT2D eigenvalue weighted by Crippen LogP contribution is 2.51. The minimum absolute atomic E-state index is 0.0660. The van der Waals surface area contributed by atoms with Crippen LogP contribution >= 0.6 is 0 Å². The number of amides is 1. The lowest BCUT2D eigenvalue weighted by molar-refractivity contribution is 0.00397. The van der Waals surface area contributed by atoms with Crippen LogP contribution in [0.4, 0.5) is 0 Å². The first-order chi connectivity index (χ1) is 12.7. The molecule has 5 nitrogen and oxygen atoms in total. The molecule has 1 aliphatic heterocycles. The van der Waals surface area contributed by atoms with E-state index >= 15 is 0 Å². The van der Waals surface area contributed by atoms with Crippen LogP contribution < -0.4 is 10.6 Å². The Bertz CT molecular complexity index is 797. The number of rotatable bonds is 3. The van der Waals surface area contributed by atoms with Crippen molar-refractivity contribution in [2.75, 3.05) is 20.2 Å². The van der Waals surface area contributed by atoms with Crippen LogP contribution in [0.5, 0.6) is 5.75 Å². The molecule has 5 heteroatoms. The number of carbonyl (C=O) groups excluding carboxylic acids is 1. The molecule has 0 aromatic heterocycles. The highest BCUT2D eigenvalue weighted by molar-refractivity contribution is 5.94. The largest absolute Gasteiger partial charge is 0.508 e. The third-order valence-electron chi connectivity index (χ3n) is 5.85. The molecule has 1 fully saturated rings. The normalized spacial score (nSPS) is 23.6. The van der Waals surface area contributed by atoms with Crippen LogP contribution in [0.1, 0.15) is 40.4 Å². The third kappa shape index (κ3) is 2.68. The van der Waals surface area contributed by atoms with Gasteiger partial charge >= 0.3 is 0 Å². The molecular weight excluding hydrogens is 328 g/mol. The second-order valence-electron chi connectivity index (χ2n) is 7.15. The molecule has 26 heavy (non-hydrogen) atoms. The minimum atomic E-state index is -0.185. The van der Waals surface area contributed by atoms with E-state index in [1.807, 2.05) is 6.07 Å². The van der Waals surface area contributed by atoms with Crippen molar-refractivity contribution in [2.45, 2.75) is 30.4 Å². The van der Waals surface area contributed by atoms with E-state index in [0.717, 1.165) is 31.5 Å². The first-order valence-corrected chi connectivity index (χ1v) is 9.08. The van der Waals surface area contributed by atoms with Crippen LogP contribution in [0.25, 0.3) is 0 Å². The molecule has 1 aliphatic carbocycles. The number of hydrogen-bond donors (Lipinski definition) is 3. The van der Waals surface area contributed by atoms with E-state index in [1.165, 1.54) is 17.7 Å². The predicted molar refractivity (Wildman–Crippen MR) is 99.3 cm³/mol. The summed E-state index contributed by atoms with van der Waals surface area (Å²) in [5.74, 6) is -0.00553. The van der Waals surface area contributed by atoms with Crippen molar-refractivity contribution in [3.05, 3.63) is 65.2 Å². The molecule has 2 aliphatic rings. The third-order valence-corrected chi connectivity index (χ3v) is 5.85. The van der Waals surface area contributed by atoms with Crippen LogP contribution in [0.15, 0.2) is 48.5 Å². The lowest BCUT2D eigenvalue weighted by atomic mass is 9.72. The number of phenols is 1. The summed E-state index contributed by atoms with van der Waals surface area (Å²) in [4.78, 5) is 12.8. The standard InChI is InChI=1S/C21H24N2O3/c1-26-19-18(23-20(25)14-6-8-15(24)9-7-14)16-4-2-3-5-17(16)21(19)10-12-22-13-11-21/h2-9,18-19,22,24H,10-13H2,1H3,(H,23,25)/t18-,19+/m0/s1. The lowest BCUT2D eigenvalue weighted by Crippen LogP contribution is -2.49. The SMILES string of the molecule is CO[C@@H]1[C@@H](NC(=O)c2ccc(O)cc2)c2ccccc2C12CCNCC2. The van der Waals surface area contributed by atoms with Crippen molar-refractivity contribution in [3.8, 4) is 5.75 Å². The van der Waals surface area contributed by atoms with E-state index in [1.54, 1.807) is 19.2 Å². The molecule has 2 aromatic carbocycles. The fourth-order valence-electron chi connectivity index (χ4n) is 4.64. The summed E-state index contributed by atoms with van der Waals surface area (Å²) in [6, 6.07) is 14.5. The summed E-state index contributed by atoms with van der Waals surface area (Å²) in [6.45, 7) is 1.90. The van der Waals surface area contributed by atoms with E-state index in [2.05, 4.69) is 28.8 Å². The van der Waals surface area contributed by atoms with Gasteiger partial charge < -0.3 is 20.5 Å². The number of ether oxygens (including phenoxy) is 1. The highest BCUT2D eigenvalue weighted by atomic mass is 16.5. The molecule has 1 saturated heterocycles. The number of piperidine rings is 1. The number of carbonyl (C=O) groups is 1. The molecule has 1 spiro atoms. The van der Waals surface area contributed by atoms with Crippen LogP contribution in [0, 0.1) is 0 Å². The number of methoxy groups -OCH3 is 1. The zero-order valence-corrected chi connectivity index (χ0v) is 14.9. The average Bonchev–Trinajstić information content (AvgIpc) is 2.92. The minimum Gasteiger partial charge on any atom is -0.508 e. The van der Waals surface area contributed by atoms with Gasteiger partial charge in [-0.1, -0.05) is 24.3 Å². The zero-order valence-electron chi connectivity index (χ0n) is 14.9. The number of nitrogens with one attached hydrogen (secondary N) is 2. The average molecular weight is 352 g/mol. The Morgan fingerprint density at radius 2 is 1.85 bits per heavy atom. The second-order valence-corrected chi connectivity index (χ2v) is 7.15. The van der Waals surface area contributed by atoms with Gasteiger partial charge in [0.2, 0.25) is 0 Å². The van der Waals surface area contributed by atoms with Crippen LogP contribution in [-0.2, 0) is 10.2 Å². The molecule has 0 radical (unpaired) electrons. The van der Waals surface area contributed by atoms with Gasteiger partial charge in [0, 0.05) is 18.1 Å². The summed E-state index contributed by atoms with van der Waals surface area (Å²) in [7, 11) is 1.74. The Labute approximate surface area is 153 Å².